The zero-order valence-corrected chi connectivity index (χ0v) is 11.8. The normalized spacial score (nSPS) is 29.4. The molecule has 2 saturated heterocycles. The van der Waals surface area contributed by atoms with Crippen molar-refractivity contribution in [3.8, 4) is 0 Å². The molecule has 1 aromatic carbocycles. The van der Waals surface area contributed by atoms with Crippen LogP contribution in [0.3, 0.4) is 0 Å². The molecular formula is C16H20ClNO. The number of Topliss-reactive ketones (excluding diaryl/α,β-unsaturated/α-hetero) is 1. The Kier molecular flexibility index (Phi) is 3.90. The largest absolute Gasteiger partial charge is 0.311 e. The SMILES string of the molecule is O=C(Cc1ccccc1Cl)CC1CC2CCC(C1)N2. The van der Waals surface area contributed by atoms with E-state index in [0.29, 0.717) is 35.2 Å². The minimum atomic E-state index is 0.333. The standard InChI is InChI=1S/C16H20ClNO/c17-16-4-2-1-3-12(16)10-15(19)9-11-7-13-5-6-14(8-11)18-13/h1-4,11,13-14,18H,5-10H2. The third kappa shape index (κ3) is 3.18. The topological polar surface area (TPSA) is 29.1 Å². The fourth-order valence-electron chi connectivity index (χ4n) is 3.59. The number of piperidine rings is 1. The summed E-state index contributed by atoms with van der Waals surface area (Å²) in [4.78, 5) is 12.2. The van der Waals surface area contributed by atoms with Crippen LogP contribution in [0.5, 0.6) is 0 Å². The molecule has 1 aromatic rings. The van der Waals surface area contributed by atoms with E-state index < -0.39 is 0 Å². The molecule has 0 aromatic heterocycles. The number of ketones is 1. The zero-order chi connectivity index (χ0) is 13.2. The molecule has 2 aliphatic heterocycles. The Bertz CT molecular complexity index is 462. The molecule has 0 aliphatic carbocycles. The minimum Gasteiger partial charge on any atom is -0.311 e. The van der Waals surface area contributed by atoms with Gasteiger partial charge < -0.3 is 5.32 Å². The quantitative estimate of drug-likeness (QED) is 0.914. The Labute approximate surface area is 119 Å². The van der Waals surface area contributed by atoms with Gasteiger partial charge in [0.15, 0.2) is 0 Å². The Balaban J connectivity index is 1.56. The van der Waals surface area contributed by atoms with Gasteiger partial charge >= 0.3 is 0 Å². The number of carbonyl (C=O) groups is 1. The van der Waals surface area contributed by atoms with Crippen LogP contribution in [0.1, 0.15) is 37.7 Å². The maximum absolute atomic E-state index is 12.2. The number of benzene rings is 1. The maximum Gasteiger partial charge on any atom is 0.137 e. The summed E-state index contributed by atoms with van der Waals surface area (Å²) in [6.07, 6.45) is 6.13. The van der Waals surface area contributed by atoms with Crippen LogP contribution >= 0.6 is 11.6 Å². The van der Waals surface area contributed by atoms with E-state index in [1.165, 1.54) is 25.7 Å². The van der Waals surface area contributed by atoms with Crippen molar-refractivity contribution in [1.29, 1.82) is 0 Å². The van der Waals surface area contributed by atoms with Crippen LogP contribution in [-0.4, -0.2) is 17.9 Å². The van der Waals surface area contributed by atoms with Crippen molar-refractivity contribution >= 4 is 17.4 Å². The molecule has 2 unspecified atom stereocenters. The summed E-state index contributed by atoms with van der Waals surface area (Å²) in [5.41, 5.74) is 0.964. The summed E-state index contributed by atoms with van der Waals surface area (Å²) in [6.45, 7) is 0. The average Bonchev–Trinajstić information content (AvgIpc) is 2.72. The van der Waals surface area contributed by atoms with Gasteiger partial charge in [-0.1, -0.05) is 29.8 Å². The Morgan fingerprint density at radius 1 is 1.21 bits per heavy atom. The number of rotatable bonds is 4. The summed E-state index contributed by atoms with van der Waals surface area (Å²) in [6, 6.07) is 8.98. The first kappa shape index (κ1) is 13.1. The number of fused-ring (bicyclic) bond motifs is 2. The first-order valence-electron chi connectivity index (χ1n) is 7.22. The van der Waals surface area contributed by atoms with Gasteiger partial charge in [0.25, 0.3) is 0 Å². The van der Waals surface area contributed by atoms with Crippen LogP contribution < -0.4 is 5.32 Å². The van der Waals surface area contributed by atoms with Crippen molar-refractivity contribution in [2.75, 3.05) is 0 Å². The monoisotopic (exact) mass is 277 g/mol. The number of carbonyl (C=O) groups excluding carboxylic acids is 1. The summed E-state index contributed by atoms with van der Waals surface area (Å²) in [5.74, 6) is 0.910. The number of hydrogen-bond acceptors (Lipinski definition) is 2. The molecule has 19 heavy (non-hydrogen) atoms. The molecule has 2 bridgehead atoms. The molecule has 3 heteroatoms. The molecule has 102 valence electrons. The minimum absolute atomic E-state index is 0.333. The van der Waals surface area contributed by atoms with Gasteiger partial charge in [-0.2, -0.15) is 0 Å². The van der Waals surface area contributed by atoms with Crippen molar-refractivity contribution < 1.29 is 4.79 Å². The Morgan fingerprint density at radius 2 is 1.89 bits per heavy atom. The zero-order valence-electron chi connectivity index (χ0n) is 11.1. The summed E-state index contributed by atoms with van der Waals surface area (Å²) in [7, 11) is 0. The lowest BCUT2D eigenvalue weighted by Crippen LogP contribution is -2.38. The van der Waals surface area contributed by atoms with E-state index in [4.69, 9.17) is 11.6 Å². The van der Waals surface area contributed by atoms with Gasteiger partial charge in [0, 0.05) is 29.9 Å². The smallest absolute Gasteiger partial charge is 0.137 e. The second-order valence-corrected chi connectivity index (χ2v) is 6.39. The highest BCUT2D eigenvalue weighted by atomic mass is 35.5. The van der Waals surface area contributed by atoms with Crippen molar-refractivity contribution in [3.05, 3.63) is 34.9 Å². The van der Waals surface area contributed by atoms with E-state index in [9.17, 15) is 4.79 Å². The fraction of sp³-hybridized carbons (Fsp3) is 0.562. The van der Waals surface area contributed by atoms with Crippen molar-refractivity contribution in [2.24, 2.45) is 5.92 Å². The van der Waals surface area contributed by atoms with E-state index in [-0.39, 0.29) is 0 Å². The molecule has 0 saturated carbocycles. The van der Waals surface area contributed by atoms with Gasteiger partial charge in [0.2, 0.25) is 0 Å². The average molecular weight is 278 g/mol. The Morgan fingerprint density at radius 3 is 2.58 bits per heavy atom. The van der Waals surface area contributed by atoms with Gasteiger partial charge in [0.1, 0.15) is 5.78 Å². The first-order chi connectivity index (χ1) is 9.20. The number of halogens is 1. The van der Waals surface area contributed by atoms with E-state index in [1.54, 1.807) is 0 Å². The van der Waals surface area contributed by atoms with Crippen molar-refractivity contribution in [2.45, 2.75) is 50.6 Å². The van der Waals surface area contributed by atoms with Gasteiger partial charge in [-0.15, -0.1) is 0 Å². The van der Waals surface area contributed by atoms with E-state index in [0.717, 1.165) is 12.0 Å². The second-order valence-electron chi connectivity index (χ2n) is 5.99. The summed E-state index contributed by atoms with van der Waals surface area (Å²) in [5, 5.41) is 4.33. The van der Waals surface area contributed by atoms with E-state index in [2.05, 4.69) is 5.32 Å². The molecule has 2 heterocycles. The van der Waals surface area contributed by atoms with Gasteiger partial charge in [-0.25, -0.2) is 0 Å². The van der Waals surface area contributed by atoms with Crippen LogP contribution in [0.15, 0.2) is 24.3 Å². The molecule has 2 nitrogen and oxygen atoms in total. The predicted molar refractivity (Wildman–Crippen MR) is 77.4 cm³/mol. The first-order valence-corrected chi connectivity index (χ1v) is 7.59. The van der Waals surface area contributed by atoms with Crippen LogP contribution in [-0.2, 0) is 11.2 Å². The molecule has 0 amide bonds. The molecule has 0 spiro atoms. The van der Waals surface area contributed by atoms with Crippen molar-refractivity contribution in [3.63, 3.8) is 0 Å². The molecular weight excluding hydrogens is 258 g/mol. The molecule has 2 atom stereocenters. The van der Waals surface area contributed by atoms with Crippen LogP contribution in [0.25, 0.3) is 0 Å². The highest BCUT2D eigenvalue weighted by Gasteiger charge is 2.34. The second kappa shape index (κ2) is 5.64. The predicted octanol–water partition coefficient (Wildman–Crippen LogP) is 3.37. The molecule has 1 N–H and O–H groups in total. The van der Waals surface area contributed by atoms with E-state index in [1.807, 2.05) is 24.3 Å². The van der Waals surface area contributed by atoms with Crippen LogP contribution in [0, 0.1) is 5.92 Å². The number of nitrogens with one attached hydrogen (secondary N) is 1. The van der Waals surface area contributed by atoms with Crippen LogP contribution in [0.4, 0.5) is 0 Å². The molecule has 2 fully saturated rings. The summed E-state index contributed by atoms with van der Waals surface area (Å²) >= 11 is 6.11. The van der Waals surface area contributed by atoms with Crippen molar-refractivity contribution in [1.82, 2.24) is 5.32 Å². The molecule has 3 rings (SSSR count). The lowest BCUT2D eigenvalue weighted by Gasteiger charge is -2.28. The van der Waals surface area contributed by atoms with Gasteiger partial charge in [0.05, 0.1) is 0 Å². The Hall–Kier alpha value is -0.860. The third-order valence-electron chi connectivity index (χ3n) is 4.43. The molecule has 0 radical (unpaired) electrons. The lowest BCUT2D eigenvalue weighted by atomic mass is 9.87. The highest BCUT2D eigenvalue weighted by molar-refractivity contribution is 6.31. The van der Waals surface area contributed by atoms with E-state index >= 15 is 0 Å². The summed E-state index contributed by atoms with van der Waals surface area (Å²) < 4.78 is 0. The number of hydrogen-bond donors (Lipinski definition) is 1. The molecule has 2 aliphatic rings. The maximum atomic E-state index is 12.2. The fourth-order valence-corrected chi connectivity index (χ4v) is 3.79. The van der Waals surface area contributed by atoms with Gasteiger partial charge in [-0.3, -0.25) is 4.79 Å². The third-order valence-corrected chi connectivity index (χ3v) is 4.80. The highest BCUT2D eigenvalue weighted by Crippen LogP contribution is 2.33. The van der Waals surface area contributed by atoms with Gasteiger partial charge in [-0.05, 0) is 43.2 Å². The van der Waals surface area contributed by atoms with Crippen LogP contribution in [0.2, 0.25) is 5.02 Å². The lowest BCUT2D eigenvalue weighted by molar-refractivity contribution is -0.119.